The van der Waals surface area contributed by atoms with Crippen molar-refractivity contribution in [2.75, 3.05) is 13.1 Å². The lowest BCUT2D eigenvalue weighted by molar-refractivity contribution is -0.118. The van der Waals surface area contributed by atoms with Gasteiger partial charge < -0.3 is 15.4 Å². The van der Waals surface area contributed by atoms with E-state index in [-0.39, 0.29) is 5.91 Å². The molecule has 0 aromatic carbocycles. The molecule has 2 aliphatic rings. The van der Waals surface area contributed by atoms with E-state index in [4.69, 9.17) is 4.74 Å². The maximum Gasteiger partial charge on any atom is 0.216 e. The van der Waals surface area contributed by atoms with Gasteiger partial charge in [0.25, 0.3) is 0 Å². The van der Waals surface area contributed by atoms with Crippen LogP contribution in [0.2, 0.25) is 0 Å². The number of amides is 1. The summed E-state index contributed by atoms with van der Waals surface area (Å²) in [6, 6.07) is 0.516. The minimum Gasteiger partial charge on any atom is -0.373 e. The van der Waals surface area contributed by atoms with Crippen LogP contribution in [0.15, 0.2) is 0 Å². The highest BCUT2D eigenvalue weighted by Crippen LogP contribution is 2.34. The molecule has 0 aromatic rings. The van der Waals surface area contributed by atoms with Crippen LogP contribution in [0.1, 0.15) is 26.2 Å². The summed E-state index contributed by atoms with van der Waals surface area (Å²) in [6.45, 7) is 3.10. The lowest BCUT2D eigenvalue weighted by Crippen LogP contribution is -2.41. The summed E-state index contributed by atoms with van der Waals surface area (Å²) in [5.41, 5.74) is 0. The number of nitrogens with one attached hydrogen (secondary N) is 2. The number of rotatable bonds is 4. The van der Waals surface area contributed by atoms with E-state index in [9.17, 15) is 4.79 Å². The lowest BCUT2D eigenvalue weighted by atomic mass is 9.95. The maximum absolute atomic E-state index is 10.6. The molecule has 0 aliphatic carbocycles. The predicted molar refractivity (Wildman–Crippen MR) is 53.0 cm³/mol. The molecule has 4 heteroatoms. The molecule has 2 heterocycles. The topological polar surface area (TPSA) is 50.4 Å². The Hall–Kier alpha value is -0.610. The van der Waals surface area contributed by atoms with Crippen LogP contribution in [0, 0.1) is 0 Å². The van der Waals surface area contributed by atoms with Gasteiger partial charge in [0.1, 0.15) is 0 Å². The van der Waals surface area contributed by atoms with E-state index < -0.39 is 0 Å². The van der Waals surface area contributed by atoms with Crippen LogP contribution in [0.3, 0.4) is 0 Å². The van der Waals surface area contributed by atoms with Gasteiger partial charge >= 0.3 is 0 Å². The first-order chi connectivity index (χ1) is 6.75. The summed E-state index contributed by atoms with van der Waals surface area (Å²) in [6.07, 6.45) is 4.50. The summed E-state index contributed by atoms with van der Waals surface area (Å²) < 4.78 is 5.71. The first kappa shape index (κ1) is 9.93. The molecule has 0 spiro atoms. The van der Waals surface area contributed by atoms with Gasteiger partial charge in [-0.25, -0.2) is 0 Å². The highest BCUT2D eigenvalue weighted by molar-refractivity contribution is 5.72. The Bertz CT molecular complexity index is 220. The van der Waals surface area contributed by atoms with Crippen molar-refractivity contribution in [3.63, 3.8) is 0 Å². The van der Waals surface area contributed by atoms with Crippen molar-refractivity contribution in [2.45, 2.75) is 44.4 Å². The second kappa shape index (κ2) is 4.28. The molecule has 0 saturated carbocycles. The molecular weight excluding hydrogens is 180 g/mol. The lowest BCUT2D eigenvalue weighted by Gasteiger charge is -2.19. The van der Waals surface area contributed by atoms with E-state index in [2.05, 4.69) is 10.6 Å². The van der Waals surface area contributed by atoms with Gasteiger partial charge in [-0.3, -0.25) is 4.79 Å². The molecule has 2 aliphatic heterocycles. The Morgan fingerprint density at radius 3 is 2.86 bits per heavy atom. The fraction of sp³-hybridized carbons (Fsp3) is 0.900. The molecule has 2 bridgehead atoms. The maximum atomic E-state index is 10.6. The molecule has 14 heavy (non-hydrogen) atoms. The Morgan fingerprint density at radius 1 is 1.43 bits per heavy atom. The van der Waals surface area contributed by atoms with E-state index in [1.165, 1.54) is 12.8 Å². The molecular formula is C10H18N2O2. The molecule has 3 atom stereocenters. The first-order valence-electron chi connectivity index (χ1n) is 5.39. The summed E-state index contributed by atoms with van der Waals surface area (Å²) >= 11 is 0. The summed E-state index contributed by atoms with van der Waals surface area (Å²) in [4.78, 5) is 10.6. The van der Waals surface area contributed by atoms with Gasteiger partial charge in [0, 0.05) is 26.1 Å². The van der Waals surface area contributed by atoms with Crippen LogP contribution in [-0.4, -0.2) is 37.2 Å². The fourth-order valence-corrected chi connectivity index (χ4v) is 2.35. The van der Waals surface area contributed by atoms with E-state index >= 15 is 0 Å². The van der Waals surface area contributed by atoms with Crippen LogP contribution in [0.4, 0.5) is 0 Å². The largest absolute Gasteiger partial charge is 0.373 e. The molecule has 3 unspecified atom stereocenters. The van der Waals surface area contributed by atoms with E-state index in [0.29, 0.717) is 24.8 Å². The number of carbonyl (C=O) groups is 1. The minimum absolute atomic E-state index is 0.0380. The van der Waals surface area contributed by atoms with Gasteiger partial charge in [-0.05, 0) is 19.3 Å². The first-order valence-corrected chi connectivity index (χ1v) is 5.39. The van der Waals surface area contributed by atoms with Gasteiger partial charge in [-0.1, -0.05) is 0 Å². The van der Waals surface area contributed by atoms with Crippen LogP contribution in [0.25, 0.3) is 0 Å². The van der Waals surface area contributed by atoms with Gasteiger partial charge in [0.15, 0.2) is 0 Å². The van der Waals surface area contributed by atoms with Crippen molar-refractivity contribution < 1.29 is 9.53 Å². The van der Waals surface area contributed by atoms with Crippen LogP contribution >= 0.6 is 0 Å². The fourth-order valence-electron chi connectivity index (χ4n) is 2.35. The average Bonchev–Trinajstić information content (AvgIpc) is 2.73. The minimum atomic E-state index is 0.0380. The van der Waals surface area contributed by atoms with Gasteiger partial charge in [0.05, 0.1) is 12.2 Å². The number of carbonyl (C=O) groups excluding carboxylic acids is 1. The van der Waals surface area contributed by atoms with Crippen molar-refractivity contribution in [1.29, 1.82) is 0 Å². The van der Waals surface area contributed by atoms with Gasteiger partial charge in [-0.15, -0.1) is 0 Å². The van der Waals surface area contributed by atoms with Crippen molar-refractivity contribution in [3.8, 4) is 0 Å². The molecule has 0 radical (unpaired) electrons. The predicted octanol–water partition coefficient (Wildman–Crippen LogP) is 0.0320. The normalized spacial score (nSPS) is 34.8. The molecule has 1 amide bonds. The Kier molecular flexibility index (Phi) is 3.03. The third-order valence-corrected chi connectivity index (χ3v) is 3.01. The highest BCUT2D eigenvalue weighted by atomic mass is 16.5. The monoisotopic (exact) mass is 198 g/mol. The summed E-state index contributed by atoms with van der Waals surface area (Å²) in [7, 11) is 0. The molecule has 2 N–H and O–H groups in total. The smallest absolute Gasteiger partial charge is 0.216 e. The van der Waals surface area contributed by atoms with E-state index in [1.807, 2.05) is 0 Å². The van der Waals surface area contributed by atoms with E-state index in [1.54, 1.807) is 6.92 Å². The van der Waals surface area contributed by atoms with Crippen molar-refractivity contribution in [2.24, 2.45) is 0 Å². The van der Waals surface area contributed by atoms with Crippen molar-refractivity contribution >= 4 is 5.91 Å². The molecule has 4 nitrogen and oxygen atoms in total. The third-order valence-electron chi connectivity index (χ3n) is 3.01. The number of hydrogen-bond donors (Lipinski definition) is 2. The van der Waals surface area contributed by atoms with Crippen molar-refractivity contribution in [3.05, 3.63) is 0 Å². The standard InChI is InChI=1S/C10H18N2O2/c1-7(13)11-4-5-12-9-6-8-2-3-10(9)14-8/h8-10,12H,2-6H2,1H3,(H,11,13). The summed E-state index contributed by atoms with van der Waals surface area (Å²) in [5, 5.41) is 6.20. The van der Waals surface area contributed by atoms with Crippen LogP contribution in [0.5, 0.6) is 0 Å². The summed E-state index contributed by atoms with van der Waals surface area (Å²) in [5.74, 6) is 0.0380. The third kappa shape index (κ3) is 2.25. The van der Waals surface area contributed by atoms with Crippen molar-refractivity contribution in [1.82, 2.24) is 10.6 Å². The molecule has 80 valence electrons. The average molecular weight is 198 g/mol. The molecule has 2 rings (SSSR count). The SMILES string of the molecule is CC(=O)NCCNC1CC2CCC1O2. The second-order valence-corrected chi connectivity index (χ2v) is 4.15. The van der Waals surface area contributed by atoms with E-state index in [0.717, 1.165) is 13.0 Å². The van der Waals surface area contributed by atoms with Gasteiger partial charge in [-0.2, -0.15) is 0 Å². The number of ether oxygens (including phenoxy) is 1. The van der Waals surface area contributed by atoms with Crippen LogP contribution in [-0.2, 0) is 9.53 Å². The van der Waals surface area contributed by atoms with Crippen LogP contribution < -0.4 is 10.6 Å². The second-order valence-electron chi connectivity index (χ2n) is 4.15. The number of fused-ring (bicyclic) bond motifs is 2. The Morgan fingerprint density at radius 2 is 2.29 bits per heavy atom. The Labute approximate surface area is 84.4 Å². The zero-order valence-electron chi connectivity index (χ0n) is 8.58. The molecule has 2 fully saturated rings. The quantitative estimate of drug-likeness (QED) is 0.627. The highest BCUT2D eigenvalue weighted by Gasteiger charge is 2.40. The number of hydrogen-bond acceptors (Lipinski definition) is 3. The van der Waals surface area contributed by atoms with Gasteiger partial charge in [0.2, 0.25) is 5.91 Å². The Balaban J connectivity index is 1.60. The molecule has 2 saturated heterocycles. The zero-order valence-corrected chi connectivity index (χ0v) is 8.58. The molecule has 0 aromatic heterocycles. The zero-order chi connectivity index (χ0) is 9.97.